The van der Waals surface area contributed by atoms with E-state index in [1.165, 1.54) is 17.8 Å². The maximum Gasteiger partial charge on any atom is 0.417 e. The Morgan fingerprint density at radius 1 is 1.30 bits per heavy atom. The number of ether oxygens (including phenoxy) is 2. The number of nitrogens with one attached hydrogen (secondary N) is 2. The van der Waals surface area contributed by atoms with E-state index < -0.39 is 6.09 Å². The van der Waals surface area contributed by atoms with Crippen molar-refractivity contribution in [3.8, 4) is 5.75 Å². The molecule has 2 unspecified atom stereocenters. The molecule has 6 nitrogen and oxygen atoms in total. The van der Waals surface area contributed by atoms with Crippen molar-refractivity contribution in [3.63, 3.8) is 0 Å². The second-order valence-corrected chi connectivity index (χ2v) is 8.70. The summed E-state index contributed by atoms with van der Waals surface area (Å²) in [6, 6.07) is 13.8. The second kappa shape index (κ2) is 10.0. The van der Waals surface area contributed by atoms with Gasteiger partial charge in [0.1, 0.15) is 0 Å². The molecule has 1 saturated heterocycles. The van der Waals surface area contributed by atoms with Crippen LogP contribution in [0.15, 0.2) is 48.7 Å². The Morgan fingerprint density at radius 3 is 3.03 bits per heavy atom. The highest BCUT2D eigenvalue weighted by Crippen LogP contribution is 2.29. The summed E-state index contributed by atoms with van der Waals surface area (Å²) in [5.74, 6) is 0.463. The number of rotatable bonds is 7. The standard InChI is InChI=1S/C23H27N3O3S/c1-16(13-18-8-4-5-12-28-18)25-15-19-20(9-6-11-24-19)29-23(27)26-22-14-17-7-2-3-10-21(17)30-22/h2-3,6-7,9-11,14,16,18,25H,4-5,8,12-13,15H2,1H3,(H,26,27). The smallest absolute Gasteiger partial charge is 0.408 e. The summed E-state index contributed by atoms with van der Waals surface area (Å²) in [6.45, 7) is 3.54. The Kier molecular flexibility index (Phi) is 6.94. The normalized spacial score (nSPS) is 17.6. The van der Waals surface area contributed by atoms with Gasteiger partial charge in [0.2, 0.25) is 0 Å². The number of hydrogen-bond acceptors (Lipinski definition) is 6. The molecule has 1 amide bonds. The van der Waals surface area contributed by atoms with Gasteiger partial charge in [-0.1, -0.05) is 18.2 Å². The van der Waals surface area contributed by atoms with Crippen molar-refractivity contribution in [2.75, 3.05) is 11.9 Å². The number of thiophene rings is 1. The summed E-state index contributed by atoms with van der Waals surface area (Å²) < 4.78 is 12.5. The molecule has 2 aromatic heterocycles. The van der Waals surface area contributed by atoms with E-state index in [4.69, 9.17) is 9.47 Å². The molecule has 30 heavy (non-hydrogen) atoms. The average Bonchev–Trinajstić information content (AvgIpc) is 3.16. The Bertz CT molecular complexity index is 951. The van der Waals surface area contributed by atoms with Crippen LogP contribution in [-0.4, -0.2) is 29.8 Å². The first-order valence-corrected chi connectivity index (χ1v) is 11.3. The minimum absolute atomic E-state index is 0.287. The lowest BCUT2D eigenvalue weighted by Gasteiger charge is -2.25. The molecule has 3 heterocycles. The van der Waals surface area contributed by atoms with Crippen LogP contribution >= 0.6 is 11.3 Å². The zero-order valence-corrected chi connectivity index (χ0v) is 17.9. The van der Waals surface area contributed by atoms with E-state index in [2.05, 4.69) is 22.5 Å². The van der Waals surface area contributed by atoms with Crippen LogP contribution in [0.5, 0.6) is 5.75 Å². The van der Waals surface area contributed by atoms with Crippen molar-refractivity contribution in [2.45, 2.75) is 51.3 Å². The number of carbonyl (C=O) groups excluding carboxylic acids is 1. The van der Waals surface area contributed by atoms with Crippen LogP contribution in [0.4, 0.5) is 9.80 Å². The van der Waals surface area contributed by atoms with Gasteiger partial charge in [-0.2, -0.15) is 0 Å². The number of anilines is 1. The van der Waals surface area contributed by atoms with E-state index in [0.29, 0.717) is 24.1 Å². The Balaban J connectivity index is 1.32. The van der Waals surface area contributed by atoms with Crippen molar-refractivity contribution in [2.24, 2.45) is 0 Å². The van der Waals surface area contributed by atoms with Gasteiger partial charge in [0.05, 0.1) is 16.8 Å². The van der Waals surface area contributed by atoms with Crippen LogP contribution in [-0.2, 0) is 11.3 Å². The van der Waals surface area contributed by atoms with E-state index in [1.54, 1.807) is 18.3 Å². The first kappa shape index (κ1) is 20.8. The zero-order valence-electron chi connectivity index (χ0n) is 17.1. The van der Waals surface area contributed by atoms with Gasteiger partial charge in [0.25, 0.3) is 0 Å². The third kappa shape index (κ3) is 5.56. The van der Waals surface area contributed by atoms with Crippen molar-refractivity contribution in [3.05, 3.63) is 54.4 Å². The molecule has 0 radical (unpaired) electrons. The molecule has 0 aliphatic carbocycles. The number of nitrogens with zero attached hydrogens (tertiary/aromatic N) is 1. The first-order chi connectivity index (χ1) is 14.7. The van der Waals surface area contributed by atoms with Crippen LogP contribution in [0.1, 0.15) is 38.3 Å². The number of fused-ring (bicyclic) bond motifs is 1. The SMILES string of the molecule is CC(CC1CCCCO1)NCc1ncccc1OC(=O)Nc1cc2ccccc2s1. The molecule has 0 saturated carbocycles. The van der Waals surface area contributed by atoms with Crippen molar-refractivity contribution in [1.29, 1.82) is 0 Å². The van der Waals surface area contributed by atoms with Gasteiger partial charge >= 0.3 is 6.09 Å². The zero-order chi connectivity index (χ0) is 20.8. The molecule has 7 heteroatoms. The molecule has 0 spiro atoms. The molecule has 1 aliphatic rings. The fraction of sp³-hybridized carbons (Fsp3) is 0.391. The van der Waals surface area contributed by atoms with E-state index in [-0.39, 0.29) is 6.04 Å². The van der Waals surface area contributed by atoms with Gasteiger partial charge in [-0.05, 0) is 62.3 Å². The summed E-state index contributed by atoms with van der Waals surface area (Å²) in [4.78, 5) is 16.8. The van der Waals surface area contributed by atoms with Gasteiger partial charge in [-0.15, -0.1) is 11.3 Å². The third-order valence-electron chi connectivity index (χ3n) is 5.21. The molecule has 2 atom stereocenters. The van der Waals surface area contributed by atoms with Crippen LogP contribution in [0.2, 0.25) is 0 Å². The highest BCUT2D eigenvalue weighted by atomic mass is 32.1. The van der Waals surface area contributed by atoms with E-state index in [9.17, 15) is 4.79 Å². The molecule has 0 bridgehead atoms. The van der Waals surface area contributed by atoms with Crippen molar-refractivity contribution >= 4 is 32.5 Å². The minimum atomic E-state index is -0.514. The Morgan fingerprint density at radius 2 is 2.20 bits per heavy atom. The highest BCUT2D eigenvalue weighted by molar-refractivity contribution is 7.22. The van der Waals surface area contributed by atoms with E-state index >= 15 is 0 Å². The number of pyridine rings is 1. The van der Waals surface area contributed by atoms with Crippen LogP contribution < -0.4 is 15.4 Å². The number of hydrogen-bond donors (Lipinski definition) is 2. The molecule has 2 N–H and O–H groups in total. The fourth-order valence-electron chi connectivity index (χ4n) is 3.66. The maximum atomic E-state index is 12.4. The Labute approximate surface area is 180 Å². The number of amides is 1. The van der Waals surface area contributed by atoms with Crippen molar-refractivity contribution in [1.82, 2.24) is 10.3 Å². The van der Waals surface area contributed by atoms with Gasteiger partial charge in [-0.25, -0.2) is 4.79 Å². The predicted molar refractivity (Wildman–Crippen MR) is 120 cm³/mol. The summed E-state index contributed by atoms with van der Waals surface area (Å²) in [5, 5.41) is 8.15. The molecular formula is C23H27N3O3S. The summed E-state index contributed by atoms with van der Waals surface area (Å²) in [7, 11) is 0. The van der Waals surface area contributed by atoms with Gasteiger partial charge in [0, 0.05) is 30.1 Å². The van der Waals surface area contributed by atoms with E-state index in [0.717, 1.165) is 41.0 Å². The predicted octanol–water partition coefficient (Wildman–Crippen LogP) is 5.34. The number of carbonyl (C=O) groups is 1. The number of benzene rings is 1. The topological polar surface area (TPSA) is 72.5 Å². The average molecular weight is 426 g/mol. The first-order valence-electron chi connectivity index (χ1n) is 10.4. The molecule has 3 aromatic rings. The lowest BCUT2D eigenvalue weighted by molar-refractivity contribution is 0.00619. The van der Waals surface area contributed by atoms with Gasteiger partial charge in [0.15, 0.2) is 5.75 Å². The van der Waals surface area contributed by atoms with Crippen LogP contribution in [0.25, 0.3) is 10.1 Å². The van der Waals surface area contributed by atoms with Crippen molar-refractivity contribution < 1.29 is 14.3 Å². The quantitative estimate of drug-likeness (QED) is 0.534. The summed E-state index contributed by atoms with van der Waals surface area (Å²) in [5.41, 5.74) is 0.709. The monoisotopic (exact) mass is 425 g/mol. The molecule has 1 fully saturated rings. The molecule has 1 aliphatic heterocycles. The minimum Gasteiger partial charge on any atom is -0.408 e. The third-order valence-corrected chi connectivity index (χ3v) is 6.24. The van der Waals surface area contributed by atoms with Gasteiger partial charge < -0.3 is 14.8 Å². The van der Waals surface area contributed by atoms with Crippen LogP contribution in [0, 0.1) is 0 Å². The number of aromatic nitrogens is 1. The summed E-state index contributed by atoms with van der Waals surface area (Å²) in [6.07, 6.45) is 6.02. The maximum absolute atomic E-state index is 12.4. The molecule has 4 rings (SSSR count). The van der Waals surface area contributed by atoms with Crippen LogP contribution in [0.3, 0.4) is 0 Å². The molecule has 1 aromatic carbocycles. The summed E-state index contributed by atoms with van der Waals surface area (Å²) >= 11 is 1.52. The Hall–Kier alpha value is -2.48. The second-order valence-electron chi connectivity index (χ2n) is 7.62. The van der Waals surface area contributed by atoms with Gasteiger partial charge in [-0.3, -0.25) is 10.3 Å². The lowest BCUT2D eigenvalue weighted by atomic mass is 10.0. The molecular weight excluding hydrogens is 398 g/mol. The van der Waals surface area contributed by atoms with E-state index in [1.807, 2.05) is 30.3 Å². The highest BCUT2D eigenvalue weighted by Gasteiger charge is 2.18. The molecule has 158 valence electrons. The fourth-order valence-corrected chi connectivity index (χ4v) is 4.61. The lowest BCUT2D eigenvalue weighted by Crippen LogP contribution is -2.32. The largest absolute Gasteiger partial charge is 0.417 e.